The first-order chi connectivity index (χ1) is 16.4. The SMILES string of the molecule is CCN(CC)CC(O)CN1CCN(Cc2ccc(Cl)cc2)CC1.O=C(O)C(=O)O.O=C(O)C(=O)O. The van der Waals surface area contributed by atoms with E-state index in [1.807, 2.05) is 12.1 Å². The summed E-state index contributed by atoms with van der Waals surface area (Å²) >= 11 is 5.93. The Morgan fingerprint density at radius 3 is 1.60 bits per heavy atom. The van der Waals surface area contributed by atoms with Gasteiger partial charge in [0.05, 0.1) is 6.10 Å². The maximum Gasteiger partial charge on any atom is 0.414 e. The van der Waals surface area contributed by atoms with Gasteiger partial charge < -0.3 is 30.4 Å². The van der Waals surface area contributed by atoms with Gasteiger partial charge in [-0.25, -0.2) is 19.2 Å². The molecule has 0 spiro atoms. The quantitative estimate of drug-likeness (QED) is 0.300. The Morgan fingerprint density at radius 1 is 0.829 bits per heavy atom. The summed E-state index contributed by atoms with van der Waals surface area (Å²) in [5, 5.41) is 40.6. The van der Waals surface area contributed by atoms with Gasteiger partial charge in [-0.2, -0.15) is 0 Å². The maximum atomic E-state index is 10.3. The Balaban J connectivity index is 0.000000797. The summed E-state index contributed by atoms with van der Waals surface area (Å²) in [6, 6.07) is 8.11. The Hall–Kier alpha value is -2.77. The van der Waals surface area contributed by atoms with Crippen LogP contribution in [-0.2, 0) is 25.7 Å². The van der Waals surface area contributed by atoms with Gasteiger partial charge in [-0.3, -0.25) is 9.80 Å². The van der Waals surface area contributed by atoms with E-state index in [4.69, 9.17) is 51.2 Å². The second kappa shape index (κ2) is 17.6. The van der Waals surface area contributed by atoms with Crippen LogP contribution < -0.4 is 0 Å². The minimum atomic E-state index is -1.82. The van der Waals surface area contributed by atoms with Crippen LogP contribution in [0.25, 0.3) is 0 Å². The molecule has 1 saturated heterocycles. The molecule has 198 valence electrons. The number of halogens is 1. The molecule has 1 atom stereocenters. The number of likely N-dealkylation sites (N-methyl/N-ethyl adjacent to an activating group) is 1. The van der Waals surface area contributed by atoms with Crippen molar-refractivity contribution in [1.29, 1.82) is 0 Å². The van der Waals surface area contributed by atoms with Crippen molar-refractivity contribution in [3.05, 3.63) is 34.9 Å². The number of hydrogen-bond donors (Lipinski definition) is 5. The summed E-state index contributed by atoms with van der Waals surface area (Å²) in [5.74, 6) is -7.30. The number of β-amino-alcohol motifs (C(OH)–C–C–N with tert-alkyl or cyclic N) is 1. The molecule has 1 aromatic rings. The van der Waals surface area contributed by atoms with Gasteiger partial charge >= 0.3 is 23.9 Å². The molecule has 0 saturated carbocycles. The Morgan fingerprint density at radius 2 is 1.23 bits per heavy atom. The molecule has 0 amide bonds. The molecule has 1 fully saturated rings. The molecular weight excluding hydrogens is 486 g/mol. The molecule has 1 unspecified atom stereocenters. The van der Waals surface area contributed by atoms with Gasteiger partial charge in [0.15, 0.2) is 0 Å². The van der Waals surface area contributed by atoms with Crippen LogP contribution in [-0.4, -0.2) is 123 Å². The van der Waals surface area contributed by atoms with Crippen LogP contribution in [0.15, 0.2) is 24.3 Å². The molecule has 13 heteroatoms. The molecule has 1 aliphatic rings. The van der Waals surface area contributed by atoms with E-state index in [0.717, 1.165) is 63.9 Å². The fourth-order valence-corrected chi connectivity index (χ4v) is 3.24. The van der Waals surface area contributed by atoms with E-state index in [2.05, 4.69) is 40.7 Å². The van der Waals surface area contributed by atoms with Crippen molar-refractivity contribution in [2.45, 2.75) is 26.5 Å². The number of benzene rings is 1. The number of aliphatic hydroxyl groups is 1. The molecule has 35 heavy (non-hydrogen) atoms. The van der Waals surface area contributed by atoms with Gasteiger partial charge in [0.25, 0.3) is 0 Å². The van der Waals surface area contributed by atoms with E-state index in [0.29, 0.717) is 0 Å². The third kappa shape index (κ3) is 15.7. The van der Waals surface area contributed by atoms with Crippen molar-refractivity contribution in [3.63, 3.8) is 0 Å². The van der Waals surface area contributed by atoms with Crippen molar-refractivity contribution in [1.82, 2.24) is 14.7 Å². The van der Waals surface area contributed by atoms with Crippen LogP contribution in [0.1, 0.15) is 19.4 Å². The van der Waals surface area contributed by atoms with Crippen LogP contribution in [0.2, 0.25) is 5.02 Å². The molecular formula is C22H34ClN3O9. The van der Waals surface area contributed by atoms with Crippen molar-refractivity contribution in [2.75, 3.05) is 52.4 Å². The Kier molecular flexibility index (Phi) is 16.2. The molecule has 2 rings (SSSR count). The van der Waals surface area contributed by atoms with E-state index in [-0.39, 0.29) is 6.10 Å². The summed E-state index contributed by atoms with van der Waals surface area (Å²) in [5.41, 5.74) is 1.31. The lowest BCUT2D eigenvalue weighted by Crippen LogP contribution is -2.49. The lowest BCUT2D eigenvalue weighted by Gasteiger charge is -2.36. The van der Waals surface area contributed by atoms with Gasteiger partial charge in [-0.1, -0.05) is 37.6 Å². The van der Waals surface area contributed by atoms with E-state index in [9.17, 15) is 5.11 Å². The van der Waals surface area contributed by atoms with Gasteiger partial charge in [-0.05, 0) is 30.8 Å². The highest BCUT2D eigenvalue weighted by Crippen LogP contribution is 2.13. The Bertz CT molecular complexity index is 748. The zero-order valence-electron chi connectivity index (χ0n) is 19.8. The number of hydrogen-bond acceptors (Lipinski definition) is 8. The third-order valence-corrected chi connectivity index (χ3v) is 5.23. The normalized spacial score (nSPS) is 14.7. The van der Waals surface area contributed by atoms with Gasteiger partial charge in [-0.15, -0.1) is 0 Å². The van der Waals surface area contributed by atoms with Crippen molar-refractivity contribution in [2.24, 2.45) is 0 Å². The van der Waals surface area contributed by atoms with E-state index < -0.39 is 23.9 Å². The van der Waals surface area contributed by atoms with E-state index in [1.54, 1.807) is 0 Å². The number of aliphatic carboxylic acids is 4. The lowest BCUT2D eigenvalue weighted by molar-refractivity contribution is -0.159. The standard InChI is InChI=1S/C18H30ClN3O.2C2H2O4/c1-3-20(4-2)14-18(23)15-22-11-9-21(10-12-22)13-16-5-7-17(19)8-6-16;2*3-1(4)2(5)6/h5-8,18,23H,3-4,9-15H2,1-2H3;2*(H,3,4)(H,5,6). The largest absolute Gasteiger partial charge is 0.473 e. The Labute approximate surface area is 208 Å². The van der Waals surface area contributed by atoms with E-state index >= 15 is 0 Å². The second-order valence-electron chi connectivity index (χ2n) is 7.56. The van der Waals surface area contributed by atoms with Crippen LogP contribution >= 0.6 is 11.6 Å². The number of rotatable bonds is 8. The number of piperazine rings is 1. The van der Waals surface area contributed by atoms with Crippen molar-refractivity contribution < 1.29 is 44.7 Å². The van der Waals surface area contributed by atoms with Crippen LogP contribution in [0, 0.1) is 0 Å². The fourth-order valence-electron chi connectivity index (χ4n) is 3.11. The first-order valence-corrected chi connectivity index (χ1v) is 11.3. The van der Waals surface area contributed by atoms with Gasteiger partial charge in [0, 0.05) is 50.8 Å². The van der Waals surface area contributed by atoms with Crippen LogP contribution in [0.3, 0.4) is 0 Å². The molecule has 1 aromatic carbocycles. The topological polar surface area (TPSA) is 179 Å². The highest BCUT2D eigenvalue weighted by atomic mass is 35.5. The monoisotopic (exact) mass is 519 g/mol. The van der Waals surface area contributed by atoms with Crippen molar-refractivity contribution in [3.8, 4) is 0 Å². The minimum Gasteiger partial charge on any atom is -0.473 e. The number of aliphatic hydroxyl groups excluding tert-OH is 1. The molecule has 0 aliphatic carbocycles. The number of nitrogens with zero attached hydrogens (tertiary/aromatic N) is 3. The molecule has 1 aliphatic heterocycles. The highest BCUT2D eigenvalue weighted by Gasteiger charge is 2.20. The number of carbonyl (C=O) groups is 4. The molecule has 0 radical (unpaired) electrons. The first-order valence-electron chi connectivity index (χ1n) is 10.9. The fraction of sp³-hybridized carbons (Fsp3) is 0.545. The average molecular weight is 520 g/mol. The summed E-state index contributed by atoms with van der Waals surface area (Å²) in [6.45, 7) is 13.0. The predicted molar refractivity (Wildman–Crippen MR) is 128 cm³/mol. The first kappa shape index (κ1) is 32.2. The maximum absolute atomic E-state index is 10.3. The summed E-state index contributed by atoms with van der Waals surface area (Å²) in [6.07, 6.45) is -0.252. The number of carboxylic acids is 4. The second-order valence-corrected chi connectivity index (χ2v) is 8.00. The number of carboxylic acid groups (broad SMARTS) is 4. The van der Waals surface area contributed by atoms with Crippen molar-refractivity contribution >= 4 is 35.5 Å². The lowest BCUT2D eigenvalue weighted by atomic mass is 10.2. The minimum absolute atomic E-state index is 0.252. The van der Waals surface area contributed by atoms with Gasteiger partial charge in [0.2, 0.25) is 0 Å². The van der Waals surface area contributed by atoms with Crippen LogP contribution in [0.5, 0.6) is 0 Å². The predicted octanol–water partition coefficient (Wildman–Crippen LogP) is 0.472. The molecule has 1 heterocycles. The summed E-state index contributed by atoms with van der Waals surface area (Å²) < 4.78 is 0. The average Bonchev–Trinajstić information content (AvgIpc) is 2.81. The summed E-state index contributed by atoms with van der Waals surface area (Å²) in [7, 11) is 0. The van der Waals surface area contributed by atoms with E-state index in [1.165, 1.54) is 5.56 Å². The molecule has 0 bridgehead atoms. The molecule has 12 nitrogen and oxygen atoms in total. The zero-order chi connectivity index (χ0) is 27.0. The third-order valence-electron chi connectivity index (χ3n) is 4.98. The summed E-state index contributed by atoms with van der Waals surface area (Å²) in [4.78, 5) is 43.5. The highest BCUT2D eigenvalue weighted by molar-refractivity contribution is 6.30. The molecule has 5 N–H and O–H groups in total. The molecule has 0 aromatic heterocycles. The smallest absolute Gasteiger partial charge is 0.414 e. The van der Waals surface area contributed by atoms with Gasteiger partial charge in [0.1, 0.15) is 0 Å². The zero-order valence-corrected chi connectivity index (χ0v) is 20.6. The van der Waals surface area contributed by atoms with Crippen LogP contribution in [0.4, 0.5) is 0 Å².